The molecule has 1 aliphatic carbocycles. The Labute approximate surface area is 178 Å². The first-order valence-electron chi connectivity index (χ1n) is 9.49. The van der Waals surface area contributed by atoms with Crippen LogP contribution in [0.3, 0.4) is 0 Å². The molecule has 1 aromatic heterocycles. The summed E-state index contributed by atoms with van der Waals surface area (Å²) in [6.07, 6.45) is 1.86. The van der Waals surface area contributed by atoms with Crippen molar-refractivity contribution in [2.45, 2.75) is 12.8 Å². The number of aryl methyl sites for hydroxylation is 2. The molecule has 0 radical (unpaired) electrons. The Morgan fingerprint density at radius 1 is 0.967 bits per heavy atom. The van der Waals surface area contributed by atoms with Crippen molar-refractivity contribution in [2.75, 3.05) is 26.1 Å². The van der Waals surface area contributed by atoms with Gasteiger partial charge in [-0.1, -0.05) is 24.3 Å². The molecule has 0 atom stereocenters. The first-order chi connectivity index (χ1) is 14.6. The predicted molar refractivity (Wildman–Crippen MR) is 116 cm³/mol. The van der Waals surface area contributed by atoms with Gasteiger partial charge in [-0.15, -0.1) is 11.3 Å². The Balaban J connectivity index is 1.39. The van der Waals surface area contributed by atoms with Crippen LogP contribution in [0.25, 0.3) is 10.4 Å². The Bertz CT molecular complexity index is 1100. The highest BCUT2D eigenvalue weighted by Crippen LogP contribution is 2.39. The summed E-state index contributed by atoms with van der Waals surface area (Å²) in [6, 6.07) is 15.1. The number of methoxy groups -OCH3 is 2. The minimum absolute atomic E-state index is 0.369. The van der Waals surface area contributed by atoms with Gasteiger partial charge in [0.05, 0.1) is 14.2 Å². The second kappa shape index (κ2) is 8.59. The lowest BCUT2D eigenvalue weighted by atomic mass is 9.91. The highest BCUT2D eigenvalue weighted by molar-refractivity contribution is 7.17. The number of ether oxygens (including phenoxy) is 3. The van der Waals surface area contributed by atoms with Crippen LogP contribution < -0.4 is 14.8 Å². The fourth-order valence-electron chi connectivity index (χ4n) is 3.49. The van der Waals surface area contributed by atoms with Crippen molar-refractivity contribution in [1.29, 1.82) is 0 Å². The Hall–Kier alpha value is -3.32. The highest BCUT2D eigenvalue weighted by atomic mass is 32.1. The van der Waals surface area contributed by atoms with E-state index in [1.54, 1.807) is 18.2 Å². The largest absolute Gasteiger partial charge is 0.493 e. The molecule has 3 aromatic rings. The van der Waals surface area contributed by atoms with Crippen LogP contribution in [0.15, 0.2) is 48.5 Å². The van der Waals surface area contributed by atoms with E-state index in [2.05, 4.69) is 17.4 Å². The fourth-order valence-corrected chi connectivity index (χ4v) is 4.65. The van der Waals surface area contributed by atoms with Gasteiger partial charge in [-0.05, 0) is 47.7 Å². The van der Waals surface area contributed by atoms with Crippen LogP contribution >= 0.6 is 11.3 Å². The van der Waals surface area contributed by atoms with Crippen LogP contribution in [0.4, 0.5) is 5.69 Å². The second-order valence-corrected chi connectivity index (χ2v) is 7.87. The van der Waals surface area contributed by atoms with E-state index in [0.29, 0.717) is 22.1 Å². The van der Waals surface area contributed by atoms with Gasteiger partial charge in [0.2, 0.25) is 0 Å². The standard InChI is InChI=1S/C23H21NO5S/c1-27-18-10-9-16(12-19(18)28-2)24-21(25)13-29-23(26)20-11-15-8-7-14-5-3-4-6-17(14)22(15)30-20/h3-6,9-12H,7-8,13H2,1-2H3,(H,24,25). The molecular formula is C23H21NO5S. The van der Waals surface area contributed by atoms with E-state index in [4.69, 9.17) is 14.2 Å². The maximum absolute atomic E-state index is 12.5. The van der Waals surface area contributed by atoms with Crippen molar-refractivity contribution in [2.24, 2.45) is 0 Å². The van der Waals surface area contributed by atoms with Gasteiger partial charge in [-0.25, -0.2) is 4.79 Å². The summed E-state index contributed by atoms with van der Waals surface area (Å²) in [5.74, 6) is 0.137. The van der Waals surface area contributed by atoms with Crippen LogP contribution in [0.2, 0.25) is 0 Å². The van der Waals surface area contributed by atoms with E-state index in [9.17, 15) is 9.59 Å². The van der Waals surface area contributed by atoms with Crippen molar-refractivity contribution < 1.29 is 23.8 Å². The molecule has 0 saturated heterocycles. The molecule has 30 heavy (non-hydrogen) atoms. The molecule has 0 unspecified atom stereocenters. The average molecular weight is 423 g/mol. The summed E-state index contributed by atoms with van der Waals surface area (Å²) in [5.41, 5.74) is 4.15. The lowest BCUT2D eigenvalue weighted by Gasteiger charge is -2.15. The maximum Gasteiger partial charge on any atom is 0.348 e. The Kier molecular flexibility index (Phi) is 5.72. The molecule has 1 heterocycles. The molecule has 2 aromatic carbocycles. The molecule has 7 heteroatoms. The summed E-state index contributed by atoms with van der Waals surface area (Å²) < 4.78 is 15.6. The van der Waals surface area contributed by atoms with Gasteiger partial charge in [0, 0.05) is 16.6 Å². The zero-order valence-corrected chi connectivity index (χ0v) is 17.5. The normalized spacial score (nSPS) is 11.8. The van der Waals surface area contributed by atoms with Gasteiger partial charge in [-0.2, -0.15) is 0 Å². The van der Waals surface area contributed by atoms with Gasteiger partial charge in [-0.3, -0.25) is 4.79 Å². The van der Waals surface area contributed by atoms with Gasteiger partial charge in [0.1, 0.15) is 4.88 Å². The third kappa shape index (κ3) is 4.02. The van der Waals surface area contributed by atoms with Gasteiger partial charge in [0.15, 0.2) is 18.1 Å². The smallest absolute Gasteiger partial charge is 0.348 e. The number of hydrogen-bond acceptors (Lipinski definition) is 6. The van der Waals surface area contributed by atoms with Gasteiger partial charge in [0.25, 0.3) is 5.91 Å². The topological polar surface area (TPSA) is 73.9 Å². The summed E-state index contributed by atoms with van der Waals surface area (Å²) in [4.78, 5) is 26.3. The average Bonchev–Trinajstić information content (AvgIpc) is 3.22. The van der Waals surface area contributed by atoms with Crippen molar-refractivity contribution in [3.63, 3.8) is 0 Å². The number of benzene rings is 2. The molecular weight excluding hydrogens is 402 g/mol. The highest BCUT2D eigenvalue weighted by Gasteiger charge is 2.22. The Morgan fingerprint density at radius 3 is 2.53 bits per heavy atom. The summed E-state index contributed by atoms with van der Waals surface area (Å²) in [5, 5.41) is 2.69. The molecule has 154 valence electrons. The first kappa shape index (κ1) is 20.0. The SMILES string of the molecule is COc1ccc(NC(=O)COC(=O)c2cc3c(s2)-c2ccccc2CC3)cc1OC. The van der Waals surface area contributed by atoms with Crippen LogP contribution in [0.1, 0.15) is 20.8 Å². The molecule has 6 nitrogen and oxygen atoms in total. The maximum atomic E-state index is 12.5. The van der Waals surface area contributed by atoms with E-state index in [0.717, 1.165) is 23.3 Å². The summed E-state index contributed by atoms with van der Waals surface area (Å²) in [7, 11) is 3.06. The summed E-state index contributed by atoms with van der Waals surface area (Å²) in [6.45, 7) is -0.369. The van der Waals surface area contributed by atoms with E-state index < -0.39 is 11.9 Å². The number of amides is 1. The number of fused-ring (bicyclic) bond motifs is 3. The number of rotatable bonds is 6. The fraction of sp³-hybridized carbons (Fsp3) is 0.217. The van der Waals surface area contributed by atoms with Crippen LogP contribution in [-0.2, 0) is 22.4 Å². The van der Waals surface area contributed by atoms with Crippen molar-refractivity contribution >= 4 is 28.9 Å². The lowest BCUT2D eigenvalue weighted by Crippen LogP contribution is -2.20. The third-order valence-corrected chi connectivity index (χ3v) is 6.13. The third-order valence-electron chi connectivity index (χ3n) is 4.94. The summed E-state index contributed by atoms with van der Waals surface area (Å²) >= 11 is 1.41. The molecule has 1 aliphatic rings. The van der Waals surface area contributed by atoms with Crippen molar-refractivity contribution in [3.8, 4) is 21.9 Å². The predicted octanol–water partition coefficient (Wildman–Crippen LogP) is 4.33. The van der Waals surface area contributed by atoms with Crippen LogP contribution in [0.5, 0.6) is 11.5 Å². The number of nitrogens with one attached hydrogen (secondary N) is 1. The molecule has 0 fully saturated rings. The molecule has 1 amide bonds. The molecule has 0 bridgehead atoms. The van der Waals surface area contributed by atoms with E-state index in [-0.39, 0.29) is 6.61 Å². The number of thiophene rings is 1. The van der Waals surface area contributed by atoms with Crippen molar-refractivity contribution in [1.82, 2.24) is 0 Å². The Morgan fingerprint density at radius 2 is 1.73 bits per heavy atom. The molecule has 0 spiro atoms. The minimum atomic E-state index is -0.491. The van der Waals surface area contributed by atoms with E-state index >= 15 is 0 Å². The van der Waals surface area contributed by atoms with E-state index in [1.807, 2.05) is 18.2 Å². The van der Waals surface area contributed by atoms with Crippen LogP contribution in [-0.4, -0.2) is 32.7 Å². The number of carbonyl (C=O) groups excluding carboxylic acids is 2. The van der Waals surface area contributed by atoms with Crippen molar-refractivity contribution in [3.05, 3.63) is 64.5 Å². The number of esters is 1. The molecule has 0 saturated carbocycles. The number of hydrogen-bond donors (Lipinski definition) is 1. The van der Waals surface area contributed by atoms with Gasteiger partial charge < -0.3 is 19.5 Å². The monoisotopic (exact) mass is 423 g/mol. The first-order valence-corrected chi connectivity index (χ1v) is 10.3. The zero-order valence-electron chi connectivity index (χ0n) is 16.7. The van der Waals surface area contributed by atoms with Crippen LogP contribution in [0, 0.1) is 0 Å². The number of carbonyl (C=O) groups is 2. The molecule has 0 aliphatic heterocycles. The molecule has 4 rings (SSSR count). The zero-order chi connectivity index (χ0) is 21.1. The quantitative estimate of drug-likeness (QED) is 0.598. The van der Waals surface area contributed by atoms with E-state index in [1.165, 1.54) is 36.7 Å². The minimum Gasteiger partial charge on any atom is -0.493 e. The lowest BCUT2D eigenvalue weighted by molar-refractivity contribution is -0.119. The second-order valence-electron chi connectivity index (χ2n) is 6.82. The van der Waals surface area contributed by atoms with Gasteiger partial charge >= 0.3 is 5.97 Å². The molecule has 1 N–H and O–H groups in total. The number of anilines is 1.